The molecule has 2 heterocycles. The maximum Gasteiger partial charge on any atom is 0.257 e. The molecule has 1 atom stereocenters. The minimum Gasteiger partial charge on any atom is -0.393 e. The number of hydrogen-bond acceptors (Lipinski definition) is 5. The number of benzene rings is 3. The van der Waals surface area contributed by atoms with E-state index in [0.717, 1.165) is 39.1 Å². The van der Waals surface area contributed by atoms with Crippen LogP contribution in [-0.4, -0.2) is 37.8 Å². The SMILES string of the molecule is CC(O)Cc1ccc(-c2cccc(N(C)c3nc4nncn4c4cc(Cl)ccc34)c2)cc1. The van der Waals surface area contributed by atoms with Gasteiger partial charge in [-0.25, -0.2) is 0 Å². The molecule has 0 saturated carbocycles. The van der Waals surface area contributed by atoms with E-state index in [0.29, 0.717) is 17.2 Å². The molecule has 0 aliphatic heterocycles. The van der Waals surface area contributed by atoms with Crippen LogP contribution in [0.4, 0.5) is 11.5 Å². The summed E-state index contributed by atoms with van der Waals surface area (Å²) >= 11 is 6.26. The number of hydrogen-bond donors (Lipinski definition) is 1. The first-order chi connectivity index (χ1) is 15.5. The first-order valence-electron chi connectivity index (χ1n) is 10.4. The summed E-state index contributed by atoms with van der Waals surface area (Å²) in [5.74, 6) is 1.30. The Balaban J connectivity index is 1.55. The molecule has 0 aliphatic rings. The highest BCUT2D eigenvalue weighted by Gasteiger charge is 2.15. The molecular formula is C25H22ClN5O. The average molecular weight is 444 g/mol. The molecule has 32 heavy (non-hydrogen) atoms. The third-order valence-electron chi connectivity index (χ3n) is 5.57. The van der Waals surface area contributed by atoms with E-state index >= 15 is 0 Å². The van der Waals surface area contributed by atoms with Crippen LogP contribution in [-0.2, 0) is 6.42 Å². The lowest BCUT2D eigenvalue weighted by Crippen LogP contribution is -2.13. The average Bonchev–Trinajstić information content (AvgIpc) is 3.27. The lowest BCUT2D eigenvalue weighted by molar-refractivity contribution is 0.195. The van der Waals surface area contributed by atoms with Gasteiger partial charge in [0.15, 0.2) is 0 Å². The largest absolute Gasteiger partial charge is 0.393 e. The van der Waals surface area contributed by atoms with Gasteiger partial charge in [0.2, 0.25) is 0 Å². The van der Waals surface area contributed by atoms with E-state index in [1.807, 2.05) is 35.7 Å². The fraction of sp³-hybridized carbons (Fsp3) is 0.160. The highest BCUT2D eigenvalue weighted by atomic mass is 35.5. The van der Waals surface area contributed by atoms with Crippen LogP contribution in [0.2, 0.25) is 5.02 Å². The summed E-state index contributed by atoms with van der Waals surface area (Å²) in [5, 5.41) is 19.4. The molecule has 6 nitrogen and oxygen atoms in total. The smallest absolute Gasteiger partial charge is 0.257 e. The van der Waals surface area contributed by atoms with Crippen molar-refractivity contribution in [1.29, 1.82) is 0 Å². The van der Waals surface area contributed by atoms with Crippen LogP contribution in [0.15, 0.2) is 73.1 Å². The molecule has 0 aliphatic carbocycles. The topological polar surface area (TPSA) is 66.5 Å². The summed E-state index contributed by atoms with van der Waals surface area (Å²) in [6.45, 7) is 1.80. The van der Waals surface area contributed by atoms with E-state index in [-0.39, 0.29) is 6.10 Å². The molecule has 0 bridgehead atoms. The Morgan fingerprint density at radius 2 is 1.84 bits per heavy atom. The number of aliphatic hydroxyl groups is 1. The fourth-order valence-electron chi connectivity index (χ4n) is 3.97. The molecule has 0 spiro atoms. The summed E-state index contributed by atoms with van der Waals surface area (Å²) in [6.07, 6.45) is 1.95. The third-order valence-corrected chi connectivity index (χ3v) is 5.80. The van der Waals surface area contributed by atoms with Gasteiger partial charge in [-0.05, 0) is 60.4 Å². The van der Waals surface area contributed by atoms with E-state index in [9.17, 15) is 5.11 Å². The summed E-state index contributed by atoms with van der Waals surface area (Å²) in [7, 11) is 1.99. The molecule has 160 valence electrons. The van der Waals surface area contributed by atoms with Gasteiger partial charge in [0, 0.05) is 23.1 Å². The van der Waals surface area contributed by atoms with E-state index in [1.165, 1.54) is 0 Å². The quantitative estimate of drug-likeness (QED) is 0.400. The lowest BCUT2D eigenvalue weighted by atomic mass is 10.0. The Labute approximate surface area is 190 Å². The van der Waals surface area contributed by atoms with Crippen LogP contribution in [0.25, 0.3) is 27.8 Å². The van der Waals surface area contributed by atoms with Gasteiger partial charge in [0.1, 0.15) is 12.1 Å². The summed E-state index contributed by atoms with van der Waals surface area (Å²) in [4.78, 5) is 6.81. The van der Waals surface area contributed by atoms with Gasteiger partial charge in [-0.1, -0.05) is 48.0 Å². The van der Waals surface area contributed by atoms with Gasteiger partial charge in [-0.2, -0.15) is 4.98 Å². The van der Waals surface area contributed by atoms with Crippen LogP contribution in [0.3, 0.4) is 0 Å². The summed E-state index contributed by atoms with van der Waals surface area (Å²) in [5.41, 5.74) is 5.25. The van der Waals surface area contributed by atoms with Crippen LogP contribution in [0, 0.1) is 0 Å². The van der Waals surface area contributed by atoms with Gasteiger partial charge in [0.25, 0.3) is 5.78 Å². The lowest BCUT2D eigenvalue weighted by Gasteiger charge is -2.21. The number of aliphatic hydroxyl groups excluding tert-OH is 1. The maximum atomic E-state index is 9.61. The fourth-order valence-corrected chi connectivity index (χ4v) is 4.14. The Kier molecular flexibility index (Phi) is 5.25. The molecule has 5 aromatic rings. The van der Waals surface area contributed by atoms with Gasteiger partial charge in [-0.3, -0.25) is 4.40 Å². The van der Waals surface area contributed by atoms with E-state index in [2.05, 4.69) is 57.6 Å². The van der Waals surface area contributed by atoms with Crippen LogP contribution >= 0.6 is 11.6 Å². The molecule has 7 heteroatoms. The second-order valence-corrected chi connectivity index (χ2v) is 8.39. The molecule has 0 amide bonds. The van der Waals surface area contributed by atoms with Crippen molar-refractivity contribution in [3.8, 4) is 11.1 Å². The molecule has 0 radical (unpaired) electrons. The second kappa shape index (κ2) is 8.22. The number of fused-ring (bicyclic) bond motifs is 3. The molecule has 2 aromatic heterocycles. The zero-order chi connectivity index (χ0) is 22.2. The minimum absolute atomic E-state index is 0.349. The van der Waals surface area contributed by atoms with Crippen molar-refractivity contribution < 1.29 is 5.11 Å². The summed E-state index contributed by atoms with van der Waals surface area (Å²) < 4.78 is 1.84. The Morgan fingerprint density at radius 1 is 1.03 bits per heavy atom. The van der Waals surface area contributed by atoms with Crippen LogP contribution in [0.1, 0.15) is 12.5 Å². The highest BCUT2D eigenvalue weighted by Crippen LogP contribution is 2.33. The van der Waals surface area contributed by atoms with Crippen LogP contribution in [0.5, 0.6) is 0 Å². The van der Waals surface area contributed by atoms with Crippen molar-refractivity contribution in [2.45, 2.75) is 19.4 Å². The van der Waals surface area contributed by atoms with Gasteiger partial charge in [-0.15, -0.1) is 10.2 Å². The Bertz CT molecular complexity index is 1410. The number of nitrogens with zero attached hydrogens (tertiary/aromatic N) is 5. The van der Waals surface area contributed by atoms with Crippen molar-refractivity contribution in [3.05, 3.63) is 83.6 Å². The molecule has 1 N–H and O–H groups in total. The van der Waals surface area contributed by atoms with Crippen molar-refractivity contribution in [3.63, 3.8) is 0 Å². The van der Waals surface area contributed by atoms with Gasteiger partial charge in [0.05, 0.1) is 11.6 Å². The normalized spacial score (nSPS) is 12.4. The van der Waals surface area contributed by atoms with E-state index in [1.54, 1.807) is 13.3 Å². The summed E-state index contributed by atoms with van der Waals surface area (Å²) in [6, 6.07) is 22.4. The predicted molar refractivity (Wildman–Crippen MR) is 129 cm³/mol. The highest BCUT2D eigenvalue weighted by molar-refractivity contribution is 6.31. The predicted octanol–water partition coefficient (Wildman–Crippen LogP) is 5.29. The Morgan fingerprint density at radius 3 is 2.62 bits per heavy atom. The second-order valence-electron chi connectivity index (χ2n) is 7.96. The minimum atomic E-state index is -0.349. The third kappa shape index (κ3) is 3.79. The zero-order valence-electron chi connectivity index (χ0n) is 17.8. The first-order valence-corrected chi connectivity index (χ1v) is 10.8. The number of halogens is 1. The van der Waals surface area contributed by atoms with Crippen molar-refractivity contribution in [2.24, 2.45) is 0 Å². The van der Waals surface area contributed by atoms with E-state index in [4.69, 9.17) is 16.6 Å². The zero-order valence-corrected chi connectivity index (χ0v) is 18.5. The van der Waals surface area contributed by atoms with Gasteiger partial charge >= 0.3 is 0 Å². The molecule has 0 saturated heterocycles. The number of anilines is 2. The van der Waals surface area contributed by atoms with Crippen LogP contribution < -0.4 is 4.90 Å². The number of aromatic nitrogens is 4. The Hall–Kier alpha value is -3.48. The maximum absolute atomic E-state index is 9.61. The molecule has 5 rings (SSSR count). The molecule has 3 aromatic carbocycles. The van der Waals surface area contributed by atoms with Crippen molar-refractivity contribution in [2.75, 3.05) is 11.9 Å². The van der Waals surface area contributed by atoms with Crippen molar-refractivity contribution >= 4 is 39.8 Å². The van der Waals surface area contributed by atoms with Crippen molar-refractivity contribution in [1.82, 2.24) is 19.6 Å². The van der Waals surface area contributed by atoms with Gasteiger partial charge < -0.3 is 10.0 Å². The standard InChI is InChI=1S/C25H22ClN5O/c1-16(32)12-17-6-8-18(9-7-17)19-4-3-5-21(13-19)30(2)24-22-11-10-20(26)14-23(22)31-15-27-29-25(31)28-24/h3-11,13-16,32H,12H2,1-2H3. The molecule has 1 unspecified atom stereocenters. The monoisotopic (exact) mass is 443 g/mol. The molecular weight excluding hydrogens is 422 g/mol. The van der Waals surface area contributed by atoms with E-state index < -0.39 is 0 Å². The molecule has 0 fully saturated rings. The first kappa shape index (κ1) is 20.4. The number of rotatable bonds is 5.